The fraction of sp³-hybridized carbons (Fsp3) is 0.667. The van der Waals surface area contributed by atoms with Crippen LogP contribution in [0.25, 0.3) is 0 Å². The number of nitrogens with two attached hydrogens (primary N) is 1. The molecule has 0 aromatic carbocycles. The lowest BCUT2D eigenvalue weighted by molar-refractivity contribution is -0.120. The van der Waals surface area contributed by atoms with Crippen LogP contribution in [0.3, 0.4) is 0 Å². The maximum absolute atomic E-state index is 10.9. The Morgan fingerprint density at radius 1 is 1.62 bits per heavy atom. The van der Waals surface area contributed by atoms with Crippen LogP contribution < -0.4 is 11.1 Å². The van der Waals surface area contributed by atoms with Gasteiger partial charge in [0.25, 0.3) is 0 Å². The van der Waals surface area contributed by atoms with E-state index in [4.69, 9.17) is 10.8 Å². The van der Waals surface area contributed by atoms with Crippen molar-refractivity contribution in [3.63, 3.8) is 0 Å². The molecule has 0 radical (unpaired) electrons. The molecule has 0 aliphatic heterocycles. The van der Waals surface area contributed by atoms with Gasteiger partial charge in [-0.3, -0.25) is 4.79 Å². The first kappa shape index (κ1) is 12.0. The molecular weight excluding hydrogens is 168 g/mol. The molecule has 0 aliphatic carbocycles. The zero-order valence-corrected chi connectivity index (χ0v) is 8.21. The van der Waals surface area contributed by atoms with E-state index in [0.717, 1.165) is 0 Å². The normalized spacial score (nSPS) is 12.6. The highest BCUT2D eigenvalue weighted by Crippen LogP contribution is 2.09. The van der Waals surface area contributed by atoms with Gasteiger partial charge in [-0.05, 0) is 12.3 Å². The Balaban J connectivity index is 4.10. The van der Waals surface area contributed by atoms with E-state index in [1.165, 1.54) is 0 Å². The van der Waals surface area contributed by atoms with E-state index in [2.05, 4.69) is 11.9 Å². The van der Waals surface area contributed by atoms with E-state index >= 15 is 0 Å². The standard InChI is InChI=1S/C9H18N2O2/c1-6(2)4-8(7(3)12)11-9(13)5-10/h6,8,12H,3-5,10H2,1-2H3,(H,11,13). The van der Waals surface area contributed by atoms with Gasteiger partial charge in [-0.1, -0.05) is 20.4 Å². The second-order valence-corrected chi connectivity index (χ2v) is 3.45. The van der Waals surface area contributed by atoms with Crippen molar-refractivity contribution >= 4 is 5.91 Å². The molecule has 4 N–H and O–H groups in total. The summed E-state index contributed by atoms with van der Waals surface area (Å²) in [4.78, 5) is 10.9. The molecule has 4 heteroatoms. The molecule has 1 amide bonds. The van der Waals surface area contributed by atoms with Crippen LogP contribution in [0.1, 0.15) is 20.3 Å². The summed E-state index contributed by atoms with van der Waals surface area (Å²) in [5.74, 6) is 0.0864. The lowest BCUT2D eigenvalue weighted by Crippen LogP contribution is -2.40. The van der Waals surface area contributed by atoms with Crippen LogP contribution in [0.15, 0.2) is 12.3 Å². The van der Waals surface area contributed by atoms with E-state index < -0.39 is 0 Å². The average molecular weight is 186 g/mol. The molecule has 76 valence electrons. The van der Waals surface area contributed by atoms with Crippen LogP contribution in [0, 0.1) is 5.92 Å². The average Bonchev–Trinajstić information content (AvgIpc) is 2.02. The summed E-state index contributed by atoms with van der Waals surface area (Å²) < 4.78 is 0. The fourth-order valence-corrected chi connectivity index (χ4v) is 1.00. The smallest absolute Gasteiger partial charge is 0.234 e. The van der Waals surface area contributed by atoms with Gasteiger partial charge in [0.15, 0.2) is 0 Å². The number of aliphatic hydroxyl groups excluding tert-OH is 1. The van der Waals surface area contributed by atoms with Gasteiger partial charge in [0.2, 0.25) is 5.91 Å². The molecule has 0 aromatic rings. The highest BCUT2D eigenvalue weighted by molar-refractivity contribution is 5.78. The van der Waals surface area contributed by atoms with E-state index in [9.17, 15) is 4.79 Å². The molecule has 0 aromatic heterocycles. The van der Waals surface area contributed by atoms with Crippen LogP contribution in [0.2, 0.25) is 0 Å². The van der Waals surface area contributed by atoms with Crippen LogP contribution >= 0.6 is 0 Å². The molecule has 0 fully saturated rings. The van der Waals surface area contributed by atoms with Gasteiger partial charge in [0.05, 0.1) is 12.6 Å². The molecular formula is C9H18N2O2. The molecule has 1 unspecified atom stereocenters. The van der Waals surface area contributed by atoms with Crippen molar-refractivity contribution in [2.24, 2.45) is 11.7 Å². The fourth-order valence-electron chi connectivity index (χ4n) is 1.00. The molecule has 13 heavy (non-hydrogen) atoms. The lowest BCUT2D eigenvalue weighted by Gasteiger charge is -2.18. The number of amides is 1. The monoisotopic (exact) mass is 186 g/mol. The molecule has 0 saturated carbocycles. The third-order valence-corrected chi connectivity index (χ3v) is 1.63. The maximum atomic E-state index is 10.9. The zero-order valence-electron chi connectivity index (χ0n) is 8.21. The van der Waals surface area contributed by atoms with Gasteiger partial charge in [-0.2, -0.15) is 0 Å². The molecule has 0 heterocycles. The summed E-state index contributed by atoms with van der Waals surface area (Å²) in [5, 5.41) is 11.7. The van der Waals surface area contributed by atoms with Crippen LogP contribution in [-0.2, 0) is 4.79 Å². The first-order chi connectivity index (χ1) is 5.97. The first-order valence-electron chi connectivity index (χ1n) is 4.34. The Bertz CT molecular complexity index is 190. The molecule has 4 nitrogen and oxygen atoms in total. The van der Waals surface area contributed by atoms with Crippen molar-refractivity contribution in [3.8, 4) is 0 Å². The third kappa shape index (κ3) is 5.25. The number of rotatable bonds is 5. The summed E-state index contributed by atoms with van der Waals surface area (Å²) in [5.41, 5.74) is 5.13. The molecule has 0 saturated heterocycles. The predicted molar refractivity (Wildman–Crippen MR) is 52.2 cm³/mol. The van der Waals surface area contributed by atoms with Crippen molar-refractivity contribution in [1.29, 1.82) is 0 Å². The highest BCUT2D eigenvalue weighted by Gasteiger charge is 2.15. The Hall–Kier alpha value is -1.03. The number of aliphatic hydroxyl groups is 1. The molecule has 0 rings (SSSR count). The number of carbonyl (C=O) groups excluding carboxylic acids is 1. The second kappa shape index (κ2) is 5.59. The molecule has 0 aliphatic rings. The zero-order chi connectivity index (χ0) is 10.4. The first-order valence-corrected chi connectivity index (χ1v) is 4.34. The van der Waals surface area contributed by atoms with Gasteiger partial charge in [-0.25, -0.2) is 0 Å². The summed E-state index contributed by atoms with van der Waals surface area (Å²) in [6.07, 6.45) is 0.668. The summed E-state index contributed by atoms with van der Waals surface area (Å²) >= 11 is 0. The minimum Gasteiger partial charge on any atom is -0.511 e. The number of nitrogens with one attached hydrogen (secondary N) is 1. The van der Waals surface area contributed by atoms with Crippen molar-refractivity contribution in [2.75, 3.05) is 6.54 Å². The van der Waals surface area contributed by atoms with Gasteiger partial charge in [-0.15, -0.1) is 0 Å². The Labute approximate surface area is 78.8 Å². The van der Waals surface area contributed by atoms with E-state index in [1.807, 2.05) is 13.8 Å². The Morgan fingerprint density at radius 3 is 2.46 bits per heavy atom. The minimum atomic E-state index is -0.379. The van der Waals surface area contributed by atoms with Crippen LogP contribution in [0.5, 0.6) is 0 Å². The summed E-state index contributed by atoms with van der Waals surface area (Å²) in [7, 11) is 0. The number of hydrogen-bond donors (Lipinski definition) is 3. The Morgan fingerprint density at radius 2 is 2.15 bits per heavy atom. The summed E-state index contributed by atoms with van der Waals surface area (Å²) in [6.45, 7) is 7.34. The van der Waals surface area contributed by atoms with E-state index in [-0.39, 0.29) is 24.3 Å². The maximum Gasteiger partial charge on any atom is 0.234 e. The highest BCUT2D eigenvalue weighted by atomic mass is 16.3. The largest absolute Gasteiger partial charge is 0.511 e. The van der Waals surface area contributed by atoms with Gasteiger partial charge in [0.1, 0.15) is 5.76 Å². The van der Waals surface area contributed by atoms with E-state index in [0.29, 0.717) is 12.3 Å². The lowest BCUT2D eigenvalue weighted by atomic mass is 10.0. The predicted octanol–water partition coefficient (Wildman–Crippen LogP) is 0.548. The quantitative estimate of drug-likeness (QED) is 0.549. The van der Waals surface area contributed by atoms with Gasteiger partial charge >= 0.3 is 0 Å². The van der Waals surface area contributed by atoms with Crippen LogP contribution in [0.4, 0.5) is 0 Å². The molecule has 0 bridgehead atoms. The molecule has 1 atom stereocenters. The topological polar surface area (TPSA) is 75.3 Å². The van der Waals surface area contributed by atoms with Crippen molar-refractivity contribution < 1.29 is 9.90 Å². The summed E-state index contributed by atoms with van der Waals surface area (Å²) in [6, 6.07) is -0.379. The van der Waals surface area contributed by atoms with Crippen LogP contribution in [-0.4, -0.2) is 23.6 Å². The molecule has 0 spiro atoms. The van der Waals surface area contributed by atoms with Gasteiger partial charge < -0.3 is 16.2 Å². The minimum absolute atomic E-state index is 0.0181. The second-order valence-electron chi connectivity index (χ2n) is 3.45. The third-order valence-electron chi connectivity index (χ3n) is 1.63. The number of hydrogen-bond acceptors (Lipinski definition) is 3. The van der Waals surface area contributed by atoms with Crippen molar-refractivity contribution in [3.05, 3.63) is 12.3 Å². The Kier molecular flexibility index (Phi) is 5.14. The number of carbonyl (C=O) groups is 1. The van der Waals surface area contributed by atoms with Gasteiger partial charge in [0, 0.05) is 0 Å². The van der Waals surface area contributed by atoms with Crippen molar-refractivity contribution in [1.82, 2.24) is 5.32 Å². The SMILES string of the molecule is C=C(O)C(CC(C)C)NC(=O)CN. The van der Waals surface area contributed by atoms with E-state index in [1.54, 1.807) is 0 Å². The van der Waals surface area contributed by atoms with Crippen molar-refractivity contribution in [2.45, 2.75) is 26.3 Å².